The molecule has 1 N–H and O–H groups in total. The second-order valence-electron chi connectivity index (χ2n) is 4.56. The molecule has 0 amide bonds. The summed E-state index contributed by atoms with van der Waals surface area (Å²) in [4.78, 5) is 18.9. The number of rotatable bonds is 6. The lowest BCUT2D eigenvalue weighted by atomic mass is 10.2. The van der Waals surface area contributed by atoms with Gasteiger partial charge in [-0.2, -0.15) is 0 Å². The number of hydrogen-bond acceptors (Lipinski definition) is 3. The summed E-state index contributed by atoms with van der Waals surface area (Å²) in [7, 11) is 0. The normalized spacial score (nSPS) is 10.7. The summed E-state index contributed by atoms with van der Waals surface area (Å²) >= 11 is 7.47. The number of aromatic amines is 1. The van der Waals surface area contributed by atoms with Crippen LogP contribution >= 0.6 is 23.4 Å². The SMILES string of the molecule is CCCCc1cc(=O)[nH]c(SCc2cccc(Cl)c2)n1. The monoisotopic (exact) mass is 308 g/mol. The molecule has 0 unspecified atom stereocenters. The fraction of sp³-hybridized carbons (Fsp3) is 0.333. The summed E-state index contributed by atoms with van der Waals surface area (Å²) in [6, 6.07) is 9.29. The molecule has 0 fully saturated rings. The molecule has 0 aliphatic heterocycles. The third-order valence-corrected chi connectivity index (χ3v) is 4.00. The van der Waals surface area contributed by atoms with Crippen molar-refractivity contribution in [2.75, 3.05) is 0 Å². The summed E-state index contributed by atoms with van der Waals surface area (Å²) < 4.78 is 0. The van der Waals surface area contributed by atoms with Crippen LogP contribution in [0.15, 0.2) is 40.3 Å². The Bertz CT molecular complexity index is 627. The van der Waals surface area contributed by atoms with E-state index in [0.29, 0.717) is 5.16 Å². The van der Waals surface area contributed by atoms with Crippen molar-refractivity contribution in [2.45, 2.75) is 37.1 Å². The van der Waals surface area contributed by atoms with E-state index in [2.05, 4.69) is 16.9 Å². The van der Waals surface area contributed by atoms with Crippen molar-refractivity contribution in [3.05, 3.63) is 57.0 Å². The largest absolute Gasteiger partial charge is 0.301 e. The van der Waals surface area contributed by atoms with Crippen LogP contribution in [0.3, 0.4) is 0 Å². The summed E-state index contributed by atoms with van der Waals surface area (Å²) in [6.07, 6.45) is 3.00. The minimum Gasteiger partial charge on any atom is -0.301 e. The van der Waals surface area contributed by atoms with Crippen LogP contribution in [0.5, 0.6) is 0 Å². The Morgan fingerprint density at radius 2 is 2.20 bits per heavy atom. The Labute approximate surface area is 127 Å². The van der Waals surface area contributed by atoms with Crippen LogP contribution in [-0.4, -0.2) is 9.97 Å². The molecule has 20 heavy (non-hydrogen) atoms. The van der Waals surface area contributed by atoms with Crippen molar-refractivity contribution in [1.29, 1.82) is 0 Å². The predicted octanol–water partition coefficient (Wildman–Crippen LogP) is 4.06. The van der Waals surface area contributed by atoms with Gasteiger partial charge in [0.05, 0.1) is 0 Å². The third kappa shape index (κ3) is 4.69. The summed E-state index contributed by atoms with van der Waals surface area (Å²) in [6.45, 7) is 2.13. The van der Waals surface area contributed by atoms with E-state index in [4.69, 9.17) is 11.6 Å². The minimum absolute atomic E-state index is 0.0836. The summed E-state index contributed by atoms with van der Waals surface area (Å²) in [5, 5.41) is 1.39. The van der Waals surface area contributed by atoms with E-state index in [9.17, 15) is 4.79 Å². The van der Waals surface area contributed by atoms with Gasteiger partial charge in [0.2, 0.25) is 0 Å². The lowest BCUT2D eigenvalue weighted by molar-refractivity contribution is 0.752. The van der Waals surface area contributed by atoms with Gasteiger partial charge in [0.1, 0.15) is 0 Å². The highest BCUT2D eigenvalue weighted by Gasteiger charge is 2.03. The number of aryl methyl sites for hydroxylation is 1. The van der Waals surface area contributed by atoms with Gasteiger partial charge in [-0.05, 0) is 30.5 Å². The zero-order valence-electron chi connectivity index (χ0n) is 11.4. The first kappa shape index (κ1) is 15.1. The highest BCUT2D eigenvalue weighted by atomic mass is 35.5. The number of hydrogen-bond donors (Lipinski definition) is 1. The first-order valence-electron chi connectivity index (χ1n) is 6.65. The standard InChI is InChI=1S/C15H17ClN2OS/c1-2-3-7-13-9-14(19)18-15(17-13)20-10-11-5-4-6-12(16)8-11/h4-6,8-9H,2-3,7,10H2,1H3,(H,17,18,19). The number of nitrogens with zero attached hydrogens (tertiary/aromatic N) is 1. The first-order valence-corrected chi connectivity index (χ1v) is 8.01. The van der Waals surface area contributed by atoms with Gasteiger partial charge >= 0.3 is 0 Å². The third-order valence-electron chi connectivity index (χ3n) is 2.82. The van der Waals surface area contributed by atoms with E-state index in [0.717, 1.165) is 41.3 Å². The maximum atomic E-state index is 11.6. The van der Waals surface area contributed by atoms with Crippen molar-refractivity contribution < 1.29 is 0 Å². The first-order chi connectivity index (χ1) is 9.67. The van der Waals surface area contributed by atoms with Crippen molar-refractivity contribution in [1.82, 2.24) is 9.97 Å². The molecule has 0 bridgehead atoms. The second kappa shape index (κ2) is 7.50. The Hall–Kier alpha value is -1.26. The molecule has 0 radical (unpaired) electrons. The van der Waals surface area contributed by atoms with Gasteiger partial charge in [0, 0.05) is 22.5 Å². The highest BCUT2D eigenvalue weighted by Crippen LogP contribution is 2.20. The molecule has 0 aliphatic rings. The average molecular weight is 309 g/mol. The van der Waals surface area contributed by atoms with Gasteiger partial charge in [-0.15, -0.1) is 0 Å². The quantitative estimate of drug-likeness (QED) is 0.646. The van der Waals surface area contributed by atoms with E-state index in [-0.39, 0.29) is 5.56 Å². The molecule has 2 aromatic rings. The smallest absolute Gasteiger partial charge is 0.251 e. The zero-order chi connectivity index (χ0) is 14.4. The van der Waals surface area contributed by atoms with Crippen LogP contribution in [0, 0.1) is 0 Å². The minimum atomic E-state index is -0.0836. The average Bonchev–Trinajstić information content (AvgIpc) is 2.42. The molecule has 0 saturated carbocycles. The maximum Gasteiger partial charge on any atom is 0.251 e. The zero-order valence-corrected chi connectivity index (χ0v) is 12.9. The van der Waals surface area contributed by atoms with Crippen LogP contribution < -0.4 is 5.56 Å². The fourth-order valence-corrected chi connectivity index (χ4v) is 2.87. The second-order valence-corrected chi connectivity index (χ2v) is 5.96. The Kier molecular flexibility index (Phi) is 5.68. The molecule has 106 valence electrons. The number of aromatic nitrogens is 2. The van der Waals surface area contributed by atoms with E-state index in [1.807, 2.05) is 24.3 Å². The Morgan fingerprint density at radius 1 is 1.35 bits per heavy atom. The number of halogens is 1. The van der Waals surface area contributed by atoms with Crippen LogP contribution in [0.1, 0.15) is 31.0 Å². The number of thioether (sulfide) groups is 1. The lowest BCUT2D eigenvalue weighted by Crippen LogP contribution is -2.10. The van der Waals surface area contributed by atoms with Crippen LogP contribution in [0.2, 0.25) is 5.02 Å². The summed E-state index contributed by atoms with van der Waals surface area (Å²) in [5.74, 6) is 0.737. The van der Waals surface area contributed by atoms with Gasteiger partial charge in [-0.1, -0.05) is 48.8 Å². The van der Waals surface area contributed by atoms with Gasteiger partial charge in [0.15, 0.2) is 5.16 Å². The van der Waals surface area contributed by atoms with Crippen molar-refractivity contribution >= 4 is 23.4 Å². The topological polar surface area (TPSA) is 45.8 Å². The van der Waals surface area contributed by atoms with Gasteiger partial charge in [0.25, 0.3) is 5.56 Å². The number of benzene rings is 1. The van der Waals surface area contributed by atoms with Gasteiger partial charge < -0.3 is 4.98 Å². The Morgan fingerprint density at radius 3 is 2.95 bits per heavy atom. The van der Waals surface area contributed by atoms with Gasteiger partial charge in [-0.3, -0.25) is 4.79 Å². The molecule has 5 heteroatoms. The molecular formula is C15H17ClN2OS. The molecule has 0 saturated heterocycles. The van der Waals surface area contributed by atoms with E-state index in [1.165, 1.54) is 11.8 Å². The van der Waals surface area contributed by atoms with Crippen LogP contribution in [0.4, 0.5) is 0 Å². The predicted molar refractivity (Wildman–Crippen MR) is 84.5 cm³/mol. The van der Waals surface area contributed by atoms with E-state index >= 15 is 0 Å². The molecule has 1 heterocycles. The molecule has 1 aromatic carbocycles. The molecule has 0 atom stereocenters. The molecule has 0 aliphatic carbocycles. The number of H-pyrrole nitrogens is 1. The van der Waals surface area contributed by atoms with E-state index < -0.39 is 0 Å². The molecular weight excluding hydrogens is 292 g/mol. The Balaban J connectivity index is 2.05. The molecule has 0 spiro atoms. The van der Waals surface area contributed by atoms with Crippen LogP contribution in [-0.2, 0) is 12.2 Å². The maximum absolute atomic E-state index is 11.6. The fourth-order valence-electron chi connectivity index (χ4n) is 1.82. The molecule has 3 nitrogen and oxygen atoms in total. The number of unbranched alkanes of at least 4 members (excludes halogenated alkanes) is 1. The van der Waals surface area contributed by atoms with Crippen molar-refractivity contribution in [3.8, 4) is 0 Å². The summed E-state index contributed by atoms with van der Waals surface area (Å²) in [5.41, 5.74) is 1.90. The molecule has 2 rings (SSSR count). The van der Waals surface area contributed by atoms with Gasteiger partial charge in [-0.25, -0.2) is 4.98 Å². The van der Waals surface area contributed by atoms with E-state index in [1.54, 1.807) is 6.07 Å². The lowest BCUT2D eigenvalue weighted by Gasteiger charge is -2.04. The van der Waals surface area contributed by atoms with Crippen LogP contribution in [0.25, 0.3) is 0 Å². The highest BCUT2D eigenvalue weighted by molar-refractivity contribution is 7.98. The number of nitrogens with one attached hydrogen (secondary N) is 1. The molecule has 1 aromatic heterocycles. The van der Waals surface area contributed by atoms with Crippen molar-refractivity contribution in [2.24, 2.45) is 0 Å². The van der Waals surface area contributed by atoms with Crippen molar-refractivity contribution in [3.63, 3.8) is 0 Å².